The van der Waals surface area contributed by atoms with Crippen molar-refractivity contribution >= 4 is 23.3 Å². The number of urea groups is 1. The second-order valence-electron chi connectivity index (χ2n) is 8.58. The molecule has 0 bridgehead atoms. The molecule has 5 heteroatoms. The van der Waals surface area contributed by atoms with Crippen LogP contribution in [0.15, 0.2) is 78.9 Å². The van der Waals surface area contributed by atoms with E-state index in [1.54, 1.807) is 4.90 Å². The van der Waals surface area contributed by atoms with Crippen LogP contribution in [0.5, 0.6) is 0 Å². The third-order valence-corrected chi connectivity index (χ3v) is 6.15. The van der Waals surface area contributed by atoms with Crippen molar-refractivity contribution in [3.63, 3.8) is 0 Å². The molecule has 33 heavy (non-hydrogen) atoms. The molecule has 1 atom stereocenters. The van der Waals surface area contributed by atoms with Crippen molar-refractivity contribution in [3.05, 3.63) is 95.6 Å². The predicted octanol–water partition coefficient (Wildman–Crippen LogP) is 5.96. The Morgan fingerprint density at radius 1 is 0.970 bits per heavy atom. The molecule has 4 rings (SSSR count). The maximum atomic E-state index is 13.4. The number of nitrogens with one attached hydrogen (secondary N) is 1. The van der Waals surface area contributed by atoms with E-state index in [4.69, 9.17) is 0 Å². The van der Waals surface area contributed by atoms with Gasteiger partial charge in [-0.2, -0.15) is 0 Å². The summed E-state index contributed by atoms with van der Waals surface area (Å²) in [7, 11) is 0. The van der Waals surface area contributed by atoms with Gasteiger partial charge in [0.1, 0.15) is 0 Å². The fourth-order valence-electron chi connectivity index (χ4n) is 4.42. The maximum Gasteiger partial charge on any atom is 0.324 e. The number of hydrogen-bond acceptors (Lipinski definition) is 2. The summed E-state index contributed by atoms with van der Waals surface area (Å²) < 4.78 is 0. The Morgan fingerprint density at radius 2 is 1.67 bits per heavy atom. The van der Waals surface area contributed by atoms with Gasteiger partial charge in [0, 0.05) is 19.6 Å². The van der Waals surface area contributed by atoms with Crippen LogP contribution in [-0.4, -0.2) is 29.9 Å². The maximum absolute atomic E-state index is 13.4. The molecule has 0 aromatic heterocycles. The van der Waals surface area contributed by atoms with Crippen molar-refractivity contribution in [1.29, 1.82) is 0 Å². The SMILES string of the molecule is CCC(C(=O)Nc1cc(C)ccc1N1CCCN(Cc2ccccc2)C1=O)c1ccccc1. The highest BCUT2D eigenvalue weighted by atomic mass is 16.2. The Morgan fingerprint density at radius 3 is 2.36 bits per heavy atom. The first kappa shape index (κ1) is 22.6. The van der Waals surface area contributed by atoms with E-state index in [-0.39, 0.29) is 17.9 Å². The highest BCUT2D eigenvalue weighted by molar-refractivity contribution is 6.02. The molecule has 170 valence electrons. The minimum atomic E-state index is -0.244. The van der Waals surface area contributed by atoms with Crippen LogP contribution in [0, 0.1) is 6.92 Å². The van der Waals surface area contributed by atoms with E-state index in [0.29, 0.717) is 25.2 Å². The lowest BCUT2D eigenvalue weighted by Crippen LogP contribution is -2.49. The fourth-order valence-corrected chi connectivity index (χ4v) is 4.42. The number of rotatable bonds is 7. The summed E-state index contributed by atoms with van der Waals surface area (Å²) >= 11 is 0. The van der Waals surface area contributed by atoms with Gasteiger partial charge in [-0.3, -0.25) is 9.69 Å². The quantitative estimate of drug-likeness (QED) is 0.492. The van der Waals surface area contributed by atoms with Crippen molar-refractivity contribution < 1.29 is 9.59 Å². The molecule has 1 saturated heterocycles. The Labute approximate surface area is 196 Å². The number of carbonyl (C=O) groups excluding carboxylic acids is 2. The lowest BCUT2D eigenvalue weighted by molar-refractivity contribution is -0.117. The molecule has 1 aliphatic heterocycles. The summed E-state index contributed by atoms with van der Waals surface area (Å²) in [5.74, 6) is -0.299. The Balaban J connectivity index is 1.57. The molecule has 1 N–H and O–H groups in total. The Hall–Kier alpha value is -3.60. The lowest BCUT2D eigenvalue weighted by Gasteiger charge is -2.36. The largest absolute Gasteiger partial charge is 0.324 e. The molecule has 0 saturated carbocycles. The monoisotopic (exact) mass is 441 g/mol. The van der Waals surface area contributed by atoms with Crippen LogP contribution in [0.1, 0.15) is 42.4 Å². The Bertz CT molecular complexity index is 1100. The normalized spacial score (nSPS) is 14.8. The van der Waals surface area contributed by atoms with Crippen LogP contribution in [0.25, 0.3) is 0 Å². The second-order valence-corrected chi connectivity index (χ2v) is 8.58. The van der Waals surface area contributed by atoms with E-state index in [1.807, 2.05) is 97.6 Å². The van der Waals surface area contributed by atoms with Crippen LogP contribution < -0.4 is 10.2 Å². The molecule has 1 heterocycles. The van der Waals surface area contributed by atoms with Crippen molar-refractivity contribution in [2.24, 2.45) is 0 Å². The predicted molar refractivity (Wildman–Crippen MR) is 133 cm³/mol. The number of aryl methyl sites for hydroxylation is 1. The minimum absolute atomic E-state index is 0.0282. The standard InChI is InChI=1S/C28H31N3O2/c1-3-24(23-13-8-5-9-14-23)27(32)29-25-19-21(2)15-16-26(25)31-18-10-17-30(28(31)33)20-22-11-6-4-7-12-22/h4-9,11-16,19,24H,3,10,17-18,20H2,1-2H3,(H,29,32). The van der Waals surface area contributed by atoms with Gasteiger partial charge in [-0.05, 0) is 48.6 Å². The first-order valence-electron chi connectivity index (χ1n) is 11.6. The fraction of sp³-hybridized carbons (Fsp3) is 0.286. The van der Waals surface area contributed by atoms with Gasteiger partial charge in [0.25, 0.3) is 0 Å². The molecule has 1 fully saturated rings. The summed E-state index contributed by atoms with van der Waals surface area (Å²) in [6.07, 6.45) is 1.58. The number of anilines is 2. The van der Waals surface area contributed by atoms with E-state index in [0.717, 1.165) is 35.3 Å². The number of amides is 3. The van der Waals surface area contributed by atoms with Gasteiger partial charge in [-0.1, -0.05) is 73.7 Å². The summed E-state index contributed by atoms with van der Waals surface area (Å²) in [6, 6.07) is 25.7. The van der Waals surface area contributed by atoms with Gasteiger partial charge in [-0.15, -0.1) is 0 Å². The average molecular weight is 442 g/mol. The van der Waals surface area contributed by atoms with Gasteiger partial charge in [0.2, 0.25) is 5.91 Å². The zero-order valence-electron chi connectivity index (χ0n) is 19.3. The van der Waals surface area contributed by atoms with E-state index in [9.17, 15) is 9.59 Å². The molecule has 5 nitrogen and oxygen atoms in total. The van der Waals surface area contributed by atoms with Crippen LogP contribution >= 0.6 is 0 Å². The summed E-state index contributed by atoms with van der Waals surface area (Å²) in [5, 5.41) is 3.13. The summed E-state index contributed by atoms with van der Waals surface area (Å²) in [5.41, 5.74) is 4.57. The minimum Gasteiger partial charge on any atom is -0.324 e. The van der Waals surface area contributed by atoms with Gasteiger partial charge in [0.15, 0.2) is 0 Å². The molecule has 1 unspecified atom stereocenters. The smallest absolute Gasteiger partial charge is 0.324 e. The van der Waals surface area contributed by atoms with Gasteiger partial charge in [0.05, 0.1) is 17.3 Å². The lowest BCUT2D eigenvalue weighted by atomic mass is 9.95. The highest BCUT2D eigenvalue weighted by Gasteiger charge is 2.29. The van der Waals surface area contributed by atoms with Gasteiger partial charge in [-0.25, -0.2) is 4.79 Å². The molecule has 0 aliphatic carbocycles. The van der Waals surface area contributed by atoms with Crippen LogP contribution in [0.3, 0.4) is 0 Å². The molecule has 0 spiro atoms. The number of carbonyl (C=O) groups is 2. The summed E-state index contributed by atoms with van der Waals surface area (Å²) in [4.78, 5) is 30.3. The molecule has 0 radical (unpaired) electrons. The van der Waals surface area contributed by atoms with Crippen molar-refractivity contribution in [2.75, 3.05) is 23.3 Å². The average Bonchev–Trinajstić information content (AvgIpc) is 2.83. The third kappa shape index (κ3) is 5.25. The molecule has 3 aromatic carbocycles. The van der Waals surface area contributed by atoms with E-state index >= 15 is 0 Å². The highest BCUT2D eigenvalue weighted by Crippen LogP contribution is 2.32. The molecular weight excluding hydrogens is 410 g/mol. The Kier molecular flexibility index (Phi) is 7.08. The van der Waals surface area contributed by atoms with Crippen LogP contribution in [0.4, 0.5) is 16.2 Å². The van der Waals surface area contributed by atoms with Gasteiger partial charge < -0.3 is 10.2 Å². The number of nitrogens with zero attached hydrogens (tertiary/aromatic N) is 2. The van der Waals surface area contributed by atoms with E-state index in [2.05, 4.69) is 5.32 Å². The first-order chi connectivity index (χ1) is 16.1. The number of hydrogen-bond donors (Lipinski definition) is 1. The second kappa shape index (κ2) is 10.3. The van der Waals surface area contributed by atoms with Crippen LogP contribution in [-0.2, 0) is 11.3 Å². The topological polar surface area (TPSA) is 52.7 Å². The third-order valence-electron chi connectivity index (χ3n) is 6.15. The first-order valence-corrected chi connectivity index (χ1v) is 11.6. The van der Waals surface area contributed by atoms with Crippen molar-refractivity contribution in [3.8, 4) is 0 Å². The van der Waals surface area contributed by atoms with Gasteiger partial charge >= 0.3 is 6.03 Å². The molecular formula is C28H31N3O2. The van der Waals surface area contributed by atoms with E-state index in [1.165, 1.54) is 0 Å². The zero-order chi connectivity index (χ0) is 23.2. The molecule has 3 amide bonds. The molecule has 1 aliphatic rings. The van der Waals surface area contributed by atoms with Crippen molar-refractivity contribution in [1.82, 2.24) is 4.90 Å². The van der Waals surface area contributed by atoms with E-state index < -0.39 is 0 Å². The van der Waals surface area contributed by atoms with Crippen LogP contribution in [0.2, 0.25) is 0 Å². The zero-order valence-corrected chi connectivity index (χ0v) is 19.3. The molecule has 3 aromatic rings. The number of benzene rings is 3. The summed E-state index contributed by atoms with van der Waals surface area (Å²) in [6.45, 7) is 5.95. The van der Waals surface area contributed by atoms with Crippen molar-refractivity contribution in [2.45, 2.75) is 39.2 Å².